The first-order valence-corrected chi connectivity index (χ1v) is 12.2. The lowest BCUT2D eigenvalue weighted by Crippen LogP contribution is -2.52. The van der Waals surface area contributed by atoms with Crippen LogP contribution >= 0.6 is 11.8 Å². The summed E-state index contributed by atoms with van der Waals surface area (Å²) in [4.78, 5) is 11.5. The summed E-state index contributed by atoms with van der Waals surface area (Å²) in [5, 5.41) is 14.5. The van der Waals surface area contributed by atoms with Crippen molar-refractivity contribution in [3.63, 3.8) is 0 Å². The Labute approximate surface area is 200 Å². The molecule has 0 saturated carbocycles. The number of rotatable bonds is 7. The Morgan fingerprint density at radius 1 is 1.24 bits per heavy atom. The zero-order chi connectivity index (χ0) is 23.7. The van der Waals surface area contributed by atoms with E-state index >= 15 is 0 Å². The lowest BCUT2D eigenvalue weighted by atomic mass is 10.00. The van der Waals surface area contributed by atoms with Gasteiger partial charge in [-0.15, -0.1) is 0 Å². The van der Waals surface area contributed by atoms with Gasteiger partial charge in [-0.05, 0) is 31.5 Å². The molecule has 0 spiro atoms. The Bertz CT molecular complexity index is 1200. The number of nitrogens with zero attached hydrogens (tertiary/aromatic N) is 3. The highest BCUT2D eigenvalue weighted by Gasteiger charge is 2.28. The molecule has 0 radical (unpaired) electrons. The molecule has 1 saturated heterocycles. The summed E-state index contributed by atoms with van der Waals surface area (Å²) in [5.41, 5.74) is 1.45. The predicted octanol–water partition coefficient (Wildman–Crippen LogP) is 3.13. The van der Waals surface area contributed by atoms with Crippen molar-refractivity contribution in [1.82, 2.24) is 20.2 Å². The normalized spacial score (nSPS) is 20.4. The van der Waals surface area contributed by atoms with E-state index in [4.69, 9.17) is 9.47 Å². The van der Waals surface area contributed by atoms with Gasteiger partial charge in [-0.3, -0.25) is 9.97 Å². The number of benzene rings is 1. The Hall–Kier alpha value is -2.53. The quantitative estimate of drug-likeness (QED) is 0.525. The molecule has 1 fully saturated rings. The number of β-amino-alcohol motifs (C(OH)–C–C–N with tert-alkyl or cyclic N) is 1. The number of thioether (sulfide) groups is 1. The first kappa shape index (κ1) is 23.2. The van der Waals surface area contributed by atoms with Crippen molar-refractivity contribution in [1.29, 1.82) is 0 Å². The first-order valence-electron chi connectivity index (χ1n) is 11.2. The molecule has 5 rings (SSSR count). The van der Waals surface area contributed by atoms with E-state index in [1.807, 2.05) is 6.07 Å². The van der Waals surface area contributed by atoms with E-state index in [1.165, 1.54) is 13.2 Å². The minimum atomic E-state index is -0.558. The molecule has 7 nitrogen and oxygen atoms in total. The van der Waals surface area contributed by atoms with Crippen molar-refractivity contribution in [2.24, 2.45) is 0 Å². The number of pyridine rings is 2. The van der Waals surface area contributed by atoms with Gasteiger partial charge in [-0.1, -0.05) is 11.8 Å². The monoisotopic (exact) mass is 488 g/mol. The fraction of sp³-hybridized carbons (Fsp3) is 0.417. The van der Waals surface area contributed by atoms with Crippen molar-refractivity contribution in [3.05, 3.63) is 53.5 Å². The number of ether oxygens (including phenoxy) is 2. The molecule has 2 aliphatic heterocycles. The molecule has 2 atom stereocenters. The number of aromatic nitrogens is 2. The van der Waals surface area contributed by atoms with Crippen LogP contribution in [0, 0.1) is 11.6 Å². The zero-order valence-electron chi connectivity index (χ0n) is 18.8. The molecular formula is C24H26F2N4O3S. The van der Waals surface area contributed by atoms with Crippen LogP contribution in [-0.2, 0) is 13.0 Å². The van der Waals surface area contributed by atoms with E-state index in [0.29, 0.717) is 48.7 Å². The summed E-state index contributed by atoms with van der Waals surface area (Å²) in [6.07, 6.45) is 3.38. The summed E-state index contributed by atoms with van der Waals surface area (Å²) in [7, 11) is 1.44. The average Bonchev–Trinajstić information content (AvgIpc) is 3.30. The Balaban J connectivity index is 1.19. The summed E-state index contributed by atoms with van der Waals surface area (Å²) < 4.78 is 39.6. The number of likely N-dealkylation sites (tertiary alicyclic amines) is 1. The van der Waals surface area contributed by atoms with Crippen LogP contribution in [0.1, 0.15) is 17.7 Å². The fourth-order valence-electron chi connectivity index (χ4n) is 4.52. The number of hydrogen-bond acceptors (Lipinski definition) is 8. The lowest BCUT2D eigenvalue weighted by Gasteiger charge is -2.36. The highest BCUT2D eigenvalue weighted by Crippen LogP contribution is 2.35. The molecule has 0 unspecified atom stereocenters. The second kappa shape index (κ2) is 9.99. The van der Waals surface area contributed by atoms with Gasteiger partial charge in [0.15, 0.2) is 11.6 Å². The van der Waals surface area contributed by atoms with Crippen LogP contribution in [0.25, 0.3) is 10.9 Å². The van der Waals surface area contributed by atoms with Crippen molar-refractivity contribution in [3.8, 4) is 11.5 Å². The van der Waals surface area contributed by atoms with Gasteiger partial charge >= 0.3 is 0 Å². The lowest BCUT2D eigenvalue weighted by molar-refractivity contribution is 0.0403. The number of piperidine rings is 1. The van der Waals surface area contributed by atoms with Crippen molar-refractivity contribution in [2.75, 3.05) is 32.7 Å². The van der Waals surface area contributed by atoms with Crippen LogP contribution in [0.3, 0.4) is 0 Å². The third-order valence-corrected chi connectivity index (χ3v) is 7.27. The molecule has 0 aliphatic carbocycles. The zero-order valence-corrected chi connectivity index (χ0v) is 19.6. The molecule has 3 aromatic rings. The van der Waals surface area contributed by atoms with E-state index in [-0.39, 0.29) is 11.6 Å². The molecule has 4 heterocycles. The van der Waals surface area contributed by atoms with E-state index in [2.05, 4.69) is 20.2 Å². The third-order valence-electron chi connectivity index (χ3n) is 6.40. The summed E-state index contributed by atoms with van der Waals surface area (Å²) in [6.45, 7) is 2.35. The number of fused-ring (bicyclic) bond motifs is 2. The SMILES string of the molecule is COc1cc(F)c2ncc(F)c(CCN3CC[C@H](NCc4cc5c(cn4)OCS5)[C@@H](O)C3)c2c1. The largest absolute Gasteiger partial charge is 0.497 e. The number of aliphatic hydroxyl groups excluding tert-OH is 1. The number of methoxy groups -OCH3 is 1. The second-order valence-electron chi connectivity index (χ2n) is 8.51. The molecule has 1 aromatic carbocycles. The first-order chi connectivity index (χ1) is 16.5. The van der Waals surface area contributed by atoms with Gasteiger partial charge in [0, 0.05) is 42.7 Å². The average molecular weight is 489 g/mol. The maximum absolute atomic E-state index is 14.6. The number of nitrogens with one attached hydrogen (secondary N) is 1. The van der Waals surface area contributed by atoms with Crippen LogP contribution in [0.5, 0.6) is 11.5 Å². The van der Waals surface area contributed by atoms with Crippen LogP contribution in [0.4, 0.5) is 8.78 Å². The molecule has 2 N–H and O–H groups in total. The fourth-order valence-corrected chi connectivity index (χ4v) is 5.30. The minimum absolute atomic E-state index is 0.0490. The van der Waals surface area contributed by atoms with Gasteiger partial charge in [0.25, 0.3) is 0 Å². The predicted molar refractivity (Wildman–Crippen MR) is 125 cm³/mol. The molecule has 180 valence electrons. The third kappa shape index (κ3) is 4.81. The van der Waals surface area contributed by atoms with Crippen molar-refractivity contribution in [2.45, 2.75) is 36.4 Å². The topological polar surface area (TPSA) is 79.7 Å². The molecule has 0 amide bonds. The summed E-state index contributed by atoms with van der Waals surface area (Å²) >= 11 is 1.65. The number of aliphatic hydroxyl groups is 1. The van der Waals surface area contributed by atoms with Gasteiger partial charge in [0.05, 0.1) is 36.2 Å². The van der Waals surface area contributed by atoms with Crippen LogP contribution in [-0.4, -0.2) is 64.8 Å². The standard InChI is InChI=1S/C24H26F2N4O3S/c1-32-15-7-17-16(19(26)10-29-24(17)18(25)8-15)2-4-30-5-3-20(21(31)12-30)28-9-14-6-23-22(11-27-14)33-13-34-23/h6-8,10-11,20-21,28,31H,2-5,9,12-13H2,1H3/t20-,21-/m0/s1. The minimum Gasteiger partial charge on any atom is -0.497 e. The highest BCUT2D eigenvalue weighted by molar-refractivity contribution is 7.99. The summed E-state index contributed by atoms with van der Waals surface area (Å²) in [6, 6.07) is 4.84. The molecular weight excluding hydrogens is 462 g/mol. The van der Waals surface area contributed by atoms with Gasteiger partial charge < -0.3 is 24.8 Å². The number of halogens is 2. The molecule has 34 heavy (non-hydrogen) atoms. The summed E-state index contributed by atoms with van der Waals surface area (Å²) in [5.74, 6) is 0.753. The number of hydrogen-bond donors (Lipinski definition) is 2. The maximum atomic E-state index is 14.6. The smallest absolute Gasteiger partial charge is 0.153 e. The van der Waals surface area contributed by atoms with E-state index in [9.17, 15) is 13.9 Å². The Kier molecular flexibility index (Phi) is 6.82. The van der Waals surface area contributed by atoms with Crippen LogP contribution in [0.2, 0.25) is 0 Å². The van der Waals surface area contributed by atoms with Gasteiger partial charge in [0.2, 0.25) is 0 Å². The van der Waals surface area contributed by atoms with E-state index in [1.54, 1.807) is 24.0 Å². The Morgan fingerprint density at radius 3 is 2.94 bits per heavy atom. The Morgan fingerprint density at radius 2 is 2.12 bits per heavy atom. The highest BCUT2D eigenvalue weighted by atomic mass is 32.2. The molecule has 2 aliphatic rings. The van der Waals surface area contributed by atoms with Crippen LogP contribution in [0.15, 0.2) is 35.5 Å². The molecule has 2 aromatic heterocycles. The molecule has 0 bridgehead atoms. The van der Waals surface area contributed by atoms with Crippen molar-refractivity contribution < 1.29 is 23.4 Å². The van der Waals surface area contributed by atoms with Crippen LogP contribution < -0.4 is 14.8 Å². The van der Waals surface area contributed by atoms with Crippen molar-refractivity contribution >= 4 is 22.7 Å². The molecule has 10 heteroatoms. The van der Waals surface area contributed by atoms with E-state index < -0.39 is 17.7 Å². The van der Waals surface area contributed by atoms with Gasteiger partial charge in [-0.2, -0.15) is 0 Å². The second-order valence-corrected chi connectivity index (χ2v) is 9.48. The van der Waals surface area contributed by atoms with Gasteiger partial charge in [-0.25, -0.2) is 8.78 Å². The van der Waals surface area contributed by atoms with Gasteiger partial charge in [0.1, 0.15) is 23.0 Å². The maximum Gasteiger partial charge on any atom is 0.153 e. The van der Waals surface area contributed by atoms with E-state index in [0.717, 1.165) is 35.5 Å².